The van der Waals surface area contributed by atoms with Crippen LogP contribution in [0.15, 0.2) is 3.15 Å². The summed E-state index contributed by atoms with van der Waals surface area (Å²) in [5, 5.41) is 0. The molecule has 0 aromatic heterocycles. The maximum absolute atomic E-state index is 4.50. The predicted molar refractivity (Wildman–Crippen MR) is 29.7 cm³/mol. The lowest BCUT2D eigenvalue weighted by atomic mass is 11.6. The van der Waals surface area contributed by atoms with Crippen molar-refractivity contribution in [3.05, 3.63) is 0 Å². The highest BCUT2D eigenvalue weighted by Crippen LogP contribution is 1.85. The van der Waals surface area contributed by atoms with Crippen molar-refractivity contribution in [1.82, 2.24) is 0 Å². The zero-order valence-corrected chi connectivity index (χ0v) is 5.21. The zero-order chi connectivity index (χ0) is 3.41. The van der Waals surface area contributed by atoms with Gasteiger partial charge in [0.05, 0.1) is 0 Å². The molecule has 3 heteroatoms. The van der Waals surface area contributed by atoms with E-state index in [1.165, 1.54) is 0 Å². The van der Waals surface area contributed by atoms with Crippen LogP contribution in [0.25, 0.3) is 0 Å². The standard InChI is InChI=1S/CH3INS/c1-3-2-4/h1H3/q-1. The average molecular weight is 188 g/mol. The Morgan fingerprint density at radius 1 is 2.00 bits per heavy atom. The van der Waals surface area contributed by atoms with Crippen LogP contribution in [0.2, 0.25) is 0 Å². The monoisotopic (exact) mass is 188 g/mol. The number of hydrogen-bond donors (Lipinski definition) is 0. The number of hydrogen-bond acceptors (Lipinski definition) is 2. The highest BCUT2D eigenvalue weighted by Gasteiger charge is 1.18. The van der Waals surface area contributed by atoms with E-state index in [1.807, 2.05) is 0 Å². The van der Waals surface area contributed by atoms with Crippen molar-refractivity contribution in [3.63, 3.8) is 0 Å². The van der Waals surface area contributed by atoms with Crippen LogP contribution in [0.3, 0.4) is 0 Å². The Bertz CT molecular complexity index is 23.2. The van der Waals surface area contributed by atoms with E-state index >= 15 is 0 Å². The molecule has 0 aromatic rings. The first-order valence-corrected chi connectivity index (χ1v) is 4.69. The van der Waals surface area contributed by atoms with Gasteiger partial charge in [0.1, 0.15) is 0 Å². The van der Waals surface area contributed by atoms with Crippen LogP contribution in [0.4, 0.5) is 0 Å². The highest BCUT2D eigenvalue weighted by atomic mass is 127. The van der Waals surface area contributed by atoms with Crippen molar-refractivity contribution in [1.29, 1.82) is 0 Å². The van der Waals surface area contributed by atoms with Crippen molar-refractivity contribution in [2.45, 2.75) is 0 Å². The first-order valence-electron chi connectivity index (χ1n) is 0.771. The minimum absolute atomic E-state index is 0.181. The lowest BCUT2D eigenvalue weighted by Crippen LogP contribution is -1.21. The van der Waals surface area contributed by atoms with E-state index in [4.69, 9.17) is 0 Å². The summed E-state index contributed by atoms with van der Waals surface area (Å²) in [6.07, 6.45) is 0. The summed E-state index contributed by atoms with van der Waals surface area (Å²) in [5.74, 6) is 0. The third-order valence-corrected chi connectivity index (χ3v) is 1.39. The van der Waals surface area contributed by atoms with Gasteiger partial charge in [-0.15, -0.1) is 0 Å². The van der Waals surface area contributed by atoms with Crippen molar-refractivity contribution >= 4 is 29.4 Å². The molecule has 0 amide bonds. The van der Waals surface area contributed by atoms with Gasteiger partial charge in [0, 0.05) is 7.05 Å². The average Bonchev–Trinajstić information content (AvgIpc) is 1.37. The van der Waals surface area contributed by atoms with Gasteiger partial charge in [-0.1, -0.05) is 0 Å². The molecule has 0 saturated heterocycles. The van der Waals surface area contributed by atoms with Crippen LogP contribution in [0.1, 0.15) is 0 Å². The molecular weight excluding hydrogens is 185 g/mol. The molecule has 0 heterocycles. The molecule has 0 N–H and O–H groups in total. The van der Waals surface area contributed by atoms with Crippen LogP contribution in [0.5, 0.6) is 0 Å². The summed E-state index contributed by atoms with van der Waals surface area (Å²) in [7, 11) is 6.25. The van der Waals surface area contributed by atoms with Gasteiger partial charge >= 0.3 is 0 Å². The van der Waals surface area contributed by atoms with Gasteiger partial charge in [-0.05, 0) is 0 Å². The molecule has 0 aromatic carbocycles. The molecule has 0 aliphatic heterocycles. The molecule has 0 atom stereocenters. The molecule has 0 radical (unpaired) electrons. The first-order chi connectivity index (χ1) is 1.91. The molecule has 26 valence electrons. The molecule has 0 unspecified atom stereocenters. The van der Waals surface area contributed by atoms with E-state index in [9.17, 15) is 0 Å². The maximum atomic E-state index is 4.50. The molecule has 0 aliphatic carbocycles. The summed E-state index contributed by atoms with van der Waals surface area (Å²) in [5.41, 5.74) is 0. The molecule has 0 saturated carbocycles. The Balaban J connectivity index is 2.55. The van der Waals surface area contributed by atoms with Gasteiger partial charge < -0.3 is 9.80 Å². The second kappa shape index (κ2) is 3.88. The first kappa shape index (κ1) is 4.88. The Labute approximate surface area is 39.8 Å². The van der Waals surface area contributed by atoms with Gasteiger partial charge in [0.25, 0.3) is 0 Å². The fraction of sp³-hybridized carbons (Fsp3) is 1.00. The number of halogens is 1. The summed E-state index contributed by atoms with van der Waals surface area (Å²) in [4.78, 5) is 0. The lowest BCUT2D eigenvalue weighted by molar-refractivity contribution is 1.55. The Hall–Kier alpha value is 0.880. The Morgan fingerprint density at radius 3 is 2.25 bits per heavy atom. The molecule has 0 bridgehead atoms. The van der Waals surface area contributed by atoms with E-state index in [2.05, 4.69) is 12.9 Å². The fourth-order valence-corrected chi connectivity index (χ4v) is 0. The molecule has 0 spiro atoms. The van der Waals surface area contributed by atoms with Crippen molar-refractivity contribution < 1.29 is 0 Å². The minimum atomic E-state index is -0.181. The quantitative estimate of drug-likeness (QED) is 0.411. The smallest absolute Gasteiger partial charge is 0.0310 e. The van der Waals surface area contributed by atoms with Crippen molar-refractivity contribution in [3.8, 4) is 0 Å². The van der Waals surface area contributed by atoms with Crippen molar-refractivity contribution in [2.75, 3.05) is 7.05 Å². The van der Waals surface area contributed by atoms with E-state index < -0.39 is 0 Å². The summed E-state index contributed by atoms with van der Waals surface area (Å²) in [6, 6.07) is 0. The van der Waals surface area contributed by atoms with Gasteiger partial charge in [-0.25, -0.2) is 0 Å². The molecule has 0 rings (SSSR count). The summed E-state index contributed by atoms with van der Waals surface area (Å²) >= 11 is -0.181. The normalized spacial score (nSPS) is 11.5. The van der Waals surface area contributed by atoms with E-state index in [0.29, 0.717) is 0 Å². The van der Waals surface area contributed by atoms with Gasteiger partial charge in [0.15, 0.2) is 0 Å². The largest absolute Gasteiger partial charge is 0.698 e. The van der Waals surface area contributed by atoms with Crippen molar-refractivity contribution in [2.24, 2.45) is 3.15 Å². The van der Waals surface area contributed by atoms with Crippen LogP contribution < -0.4 is 0 Å². The van der Waals surface area contributed by atoms with E-state index in [0.717, 1.165) is 0 Å². The predicted octanol–water partition coefficient (Wildman–Crippen LogP) is 1.23. The molecule has 4 heavy (non-hydrogen) atoms. The number of rotatable bonds is 0. The maximum Gasteiger partial charge on any atom is 0.0310 e. The number of nitrogens with zero attached hydrogens (tertiary/aromatic N) is 1. The Morgan fingerprint density at radius 2 is 2.25 bits per heavy atom. The molecule has 1 nitrogen and oxygen atoms in total. The zero-order valence-electron chi connectivity index (χ0n) is 2.23. The summed E-state index contributed by atoms with van der Waals surface area (Å²) in [6.45, 7) is 0. The van der Waals surface area contributed by atoms with E-state index in [1.54, 1.807) is 7.05 Å². The van der Waals surface area contributed by atoms with Crippen LogP contribution in [-0.4, -0.2) is 7.05 Å². The molecular formula is CH3INS-. The van der Waals surface area contributed by atoms with Crippen LogP contribution in [-0.2, 0) is 9.80 Å². The third kappa shape index (κ3) is 2.88. The Kier molecular flexibility index (Phi) is 4.73. The second-order valence-corrected chi connectivity index (χ2v) is 2.52. The second-order valence-electron chi connectivity index (χ2n) is 0.238. The van der Waals surface area contributed by atoms with Crippen LogP contribution in [0, 0.1) is 0 Å². The fourth-order valence-electron chi connectivity index (χ4n) is 0. The lowest BCUT2D eigenvalue weighted by Gasteiger charge is -1.73. The van der Waals surface area contributed by atoms with Gasteiger partial charge in [-0.3, -0.25) is 3.15 Å². The molecule has 0 aliphatic rings. The van der Waals surface area contributed by atoms with E-state index in [-0.39, 0.29) is 19.6 Å². The SMILES string of the molecule is CN=I[S-]. The van der Waals surface area contributed by atoms with Crippen LogP contribution >= 0.6 is 19.6 Å². The molecule has 0 fully saturated rings. The van der Waals surface area contributed by atoms with Gasteiger partial charge in [-0.2, -0.15) is 19.6 Å². The van der Waals surface area contributed by atoms with Gasteiger partial charge in [0.2, 0.25) is 0 Å². The highest BCUT2D eigenvalue weighted by molar-refractivity contribution is 14.2. The topological polar surface area (TPSA) is 12.4 Å². The summed E-state index contributed by atoms with van der Waals surface area (Å²) < 4.78 is 3.66. The minimum Gasteiger partial charge on any atom is -0.698 e. The third-order valence-electron chi connectivity index (χ3n) is 0.0690.